The summed E-state index contributed by atoms with van der Waals surface area (Å²) < 4.78 is 0. The molecule has 0 atom stereocenters. The number of fused-ring (bicyclic) bond motifs is 1. The summed E-state index contributed by atoms with van der Waals surface area (Å²) in [5, 5.41) is 10.4. The summed E-state index contributed by atoms with van der Waals surface area (Å²) in [4.78, 5) is 17.9. The Hall–Kier alpha value is -1.69. The number of aromatic amines is 1. The highest BCUT2D eigenvalue weighted by Crippen LogP contribution is 2.42. The van der Waals surface area contributed by atoms with Gasteiger partial charge in [-0.25, -0.2) is 4.98 Å². The Morgan fingerprint density at radius 3 is 3.11 bits per heavy atom. The van der Waals surface area contributed by atoms with E-state index in [1.165, 1.54) is 35.5 Å². The van der Waals surface area contributed by atoms with Gasteiger partial charge in [-0.05, 0) is 38.0 Å². The van der Waals surface area contributed by atoms with Gasteiger partial charge >= 0.3 is 0 Å². The van der Waals surface area contributed by atoms with Crippen molar-refractivity contribution in [1.82, 2.24) is 15.2 Å². The third kappa shape index (κ3) is 1.96. The fraction of sp³-hybridized carbons (Fsp3) is 0.462. The van der Waals surface area contributed by atoms with Crippen LogP contribution in [0.1, 0.15) is 51.1 Å². The van der Waals surface area contributed by atoms with E-state index in [0.29, 0.717) is 10.9 Å². The molecule has 2 aromatic heterocycles. The number of aromatic nitrogens is 3. The first kappa shape index (κ1) is 11.2. The van der Waals surface area contributed by atoms with Crippen LogP contribution in [0.25, 0.3) is 0 Å². The second-order valence-electron chi connectivity index (χ2n) is 5.17. The Balaban J connectivity index is 1.55. The minimum Gasteiger partial charge on any atom is -0.305 e. The maximum atomic E-state index is 12.2. The molecular weight excluding hydrogens is 260 g/mol. The van der Waals surface area contributed by atoms with Crippen LogP contribution >= 0.6 is 11.3 Å². The van der Waals surface area contributed by atoms with Gasteiger partial charge in [-0.2, -0.15) is 5.10 Å². The first-order valence-electron chi connectivity index (χ1n) is 6.64. The molecule has 0 aliphatic heterocycles. The molecule has 2 aromatic rings. The molecule has 2 aliphatic carbocycles. The van der Waals surface area contributed by atoms with E-state index in [1.54, 1.807) is 0 Å². The summed E-state index contributed by atoms with van der Waals surface area (Å²) in [7, 11) is 0. The second-order valence-corrected chi connectivity index (χ2v) is 6.25. The van der Waals surface area contributed by atoms with Crippen molar-refractivity contribution in [2.45, 2.75) is 38.0 Å². The second kappa shape index (κ2) is 4.16. The molecule has 1 amide bonds. The van der Waals surface area contributed by atoms with Crippen molar-refractivity contribution in [1.29, 1.82) is 0 Å². The number of aryl methyl sites for hydroxylation is 2. The van der Waals surface area contributed by atoms with Gasteiger partial charge < -0.3 is 5.32 Å². The van der Waals surface area contributed by atoms with Gasteiger partial charge in [0.15, 0.2) is 5.01 Å². The van der Waals surface area contributed by atoms with E-state index in [4.69, 9.17) is 0 Å². The normalized spacial score (nSPS) is 17.5. The highest BCUT2D eigenvalue weighted by Gasteiger charge is 2.28. The lowest BCUT2D eigenvalue weighted by atomic mass is 10.2. The van der Waals surface area contributed by atoms with Crippen LogP contribution in [-0.4, -0.2) is 21.1 Å². The minimum absolute atomic E-state index is 0.120. The van der Waals surface area contributed by atoms with Gasteiger partial charge in [0.1, 0.15) is 5.82 Å². The Morgan fingerprint density at radius 1 is 1.42 bits per heavy atom. The molecule has 0 bridgehead atoms. The van der Waals surface area contributed by atoms with E-state index >= 15 is 0 Å². The van der Waals surface area contributed by atoms with Crippen molar-refractivity contribution in [2.75, 3.05) is 5.32 Å². The number of hydrogen-bond acceptors (Lipinski definition) is 4. The number of H-pyrrole nitrogens is 1. The number of rotatable bonds is 3. The van der Waals surface area contributed by atoms with Crippen LogP contribution in [0.15, 0.2) is 6.20 Å². The lowest BCUT2D eigenvalue weighted by molar-refractivity contribution is 0.102. The number of anilines is 1. The first-order chi connectivity index (χ1) is 9.31. The molecule has 6 heteroatoms. The molecule has 1 fully saturated rings. The summed E-state index contributed by atoms with van der Waals surface area (Å²) >= 11 is 1.52. The highest BCUT2D eigenvalue weighted by molar-refractivity contribution is 7.13. The van der Waals surface area contributed by atoms with E-state index in [1.807, 2.05) is 6.20 Å². The lowest BCUT2D eigenvalue weighted by Gasteiger charge is -2.02. The average molecular weight is 274 g/mol. The van der Waals surface area contributed by atoms with Crippen LogP contribution in [0.2, 0.25) is 0 Å². The molecule has 1 saturated carbocycles. The van der Waals surface area contributed by atoms with E-state index in [-0.39, 0.29) is 5.91 Å². The minimum atomic E-state index is -0.120. The van der Waals surface area contributed by atoms with Crippen LogP contribution in [0.3, 0.4) is 0 Å². The van der Waals surface area contributed by atoms with Gasteiger partial charge in [0.25, 0.3) is 5.91 Å². The van der Waals surface area contributed by atoms with Gasteiger partial charge in [0.2, 0.25) is 0 Å². The van der Waals surface area contributed by atoms with E-state index in [0.717, 1.165) is 29.9 Å². The van der Waals surface area contributed by atoms with Crippen molar-refractivity contribution in [3.05, 3.63) is 27.3 Å². The van der Waals surface area contributed by atoms with Gasteiger partial charge in [0, 0.05) is 10.4 Å². The molecule has 98 valence electrons. The number of thiazole rings is 1. The molecule has 2 N–H and O–H groups in total. The molecular formula is C13H14N4OS. The van der Waals surface area contributed by atoms with Gasteiger partial charge in [-0.15, -0.1) is 11.3 Å². The molecule has 19 heavy (non-hydrogen) atoms. The van der Waals surface area contributed by atoms with Gasteiger partial charge in [-0.3, -0.25) is 9.89 Å². The van der Waals surface area contributed by atoms with E-state index in [9.17, 15) is 4.79 Å². The van der Waals surface area contributed by atoms with Crippen molar-refractivity contribution < 1.29 is 4.79 Å². The third-order valence-corrected chi connectivity index (χ3v) is 4.87. The molecule has 0 unspecified atom stereocenters. The van der Waals surface area contributed by atoms with Crippen molar-refractivity contribution >= 4 is 23.1 Å². The Kier molecular flexibility index (Phi) is 2.44. The summed E-state index contributed by atoms with van der Waals surface area (Å²) in [5.74, 6) is 1.18. The monoisotopic (exact) mass is 274 g/mol. The molecule has 0 spiro atoms. The van der Waals surface area contributed by atoms with Crippen LogP contribution < -0.4 is 5.32 Å². The van der Waals surface area contributed by atoms with Crippen LogP contribution in [0.4, 0.5) is 5.82 Å². The summed E-state index contributed by atoms with van der Waals surface area (Å²) in [6.07, 6.45) is 7.44. The molecule has 2 heterocycles. The standard InChI is InChI=1S/C13H14N4OS/c18-12(13-15-9-2-1-3-10(9)19-13)16-11-8(6-14-17-11)7-4-5-7/h6-7H,1-5H2,(H2,14,16,17,18). The maximum absolute atomic E-state index is 12.2. The molecule has 0 saturated heterocycles. The number of nitrogens with one attached hydrogen (secondary N) is 2. The SMILES string of the molecule is O=C(Nc1[nH]ncc1C1CC1)c1nc2c(s1)CCC2. The number of carbonyl (C=O) groups is 1. The number of carbonyl (C=O) groups excluding carboxylic acids is 1. The number of nitrogens with zero attached hydrogens (tertiary/aromatic N) is 2. The molecule has 0 aromatic carbocycles. The average Bonchev–Trinajstić information content (AvgIpc) is 2.83. The summed E-state index contributed by atoms with van der Waals surface area (Å²) in [5.41, 5.74) is 2.24. The van der Waals surface area contributed by atoms with Crippen molar-refractivity contribution in [3.8, 4) is 0 Å². The molecule has 2 aliphatic rings. The topological polar surface area (TPSA) is 70.7 Å². The number of amides is 1. The Bertz CT molecular complexity index is 619. The molecule has 4 rings (SSSR count). The quantitative estimate of drug-likeness (QED) is 0.903. The van der Waals surface area contributed by atoms with Crippen LogP contribution in [0, 0.1) is 0 Å². The maximum Gasteiger partial charge on any atom is 0.285 e. The Morgan fingerprint density at radius 2 is 2.32 bits per heavy atom. The highest BCUT2D eigenvalue weighted by atomic mass is 32.1. The van der Waals surface area contributed by atoms with Gasteiger partial charge in [-0.1, -0.05) is 0 Å². The Labute approximate surface area is 114 Å². The lowest BCUT2D eigenvalue weighted by Crippen LogP contribution is -2.13. The van der Waals surface area contributed by atoms with E-state index in [2.05, 4.69) is 20.5 Å². The fourth-order valence-corrected chi connectivity index (χ4v) is 3.60. The molecule has 5 nitrogen and oxygen atoms in total. The zero-order valence-corrected chi connectivity index (χ0v) is 11.2. The zero-order chi connectivity index (χ0) is 12.8. The fourth-order valence-electron chi connectivity index (χ4n) is 2.55. The van der Waals surface area contributed by atoms with Crippen LogP contribution in [0.5, 0.6) is 0 Å². The van der Waals surface area contributed by atoms with Gasteiger partial charge in [0.05, 0.1) is 11.9 Å². The van der Waals surface area contributed by atoms with Crippen molar-refractivity contribution in [3.63, 3.8) is 0 Å². The number of hydrogen-bond donors (Lipinski definition) is 2. The van der Waals surface area contributed by atoms with Crippen molar-refractivity contribution in [2.24, 2.45) is 0 Å². The largest absolute Gasteiger partial charge is 0.305 e. The first-order valence-corrected chi connectivity index (χ1v) is 7.46. The zero-order valence-electron chi connectivity index (χ0n) is 10.4. The third-order valence-electron chi connectivity index (χ3n) is 3.71. The predicted octanol–water partition coefficient (Wildman–Crippen LogP) is 2.48. The smallest absolute Gasteiger partial charge is 0.285 e. The molecule has 0 radical (unpaired) electrons. The predicted molar refractivity (Wildman–Crippen MR) is 72.7 cm³/mol. The summed E-state index contributed by atoms with van der Waals surface area (Å²) in [6.45, 7) is 0. The van der Waals surface area contributed by atoms with Crippen LogP contribution in [-0.2, 0) is 12.8 Å². The van der Waals surface area contributed by atoms with E-state index < -0.39 is 0 Å². The summed E-state index contributed by atoms with van der Waals surface area (Å²) in [6, 6.07) is 0.